The van der Waals surface area contributed by atoms with Crippen LogP contribution in [0.4, 0.5) is 0 Å². The monoisotopic (exact) mass is 233 g/mol. The van der Waals surface area contributed by atoms with Crippen molar-refractivity contribution in [1.82, 2.24) is 5.32 Å². The molecule has 0 aliphatic carbocycles. The second kappa shape index (κ2) is 5.49. The van der Waals surface area contributed by atoms with E-state index >= 15 is 0 Å². The third kappa shape index (κ3) is 4.64. The molecule has 0 saturated carbocycles. The molecule has 0 aromatic rings. The first-order chi connectivity index (χ1) is 7.03. The van der Waals surface area contributed by atoms with Gasteiger partial charge >= 0.3 is 0 Å². The van der Waals surface area contributed by atoms with Crippen molar-refractivity contribution in [3.63, 3.8) is 0 Å². The summed E-state index contributed by atoms with van der Waals surface area (Å²) in [5, 5.41) is 2.80. The van der Waals surface area contributed by atoms with Crippen LogP contribution in [0.5, 0.6) is 0 Å². The summed E-state index contributed by atoms with van der Waals surface area (Å²) in [6.07, 6.45) is 2.95. The molecule has 88 valence electrons. The van der Waals surface area contributed by atoms with Crippen LogP contribution in [0.25, 0.3) is 0 Å². The van der Waals surface area contributed by atoms with Crippen molar-refractivity contribution in [3.05, 3.63) is 0 Å². The van der Waals surface area contributed by atoms with Crippen LogP contribution in [0.15, 0.2) is 0 Å². The second-order valence-electron chi connectivity index (χ2n) is 4.16. The highest BCUT2D eigenvalue weighted by Gasteiger charge is 2.27. The molecule has 1 amide bonds. The van der Waals surface area contributed by atoms with E-state index in [0.29, 0.717) is 24.5 Å². The second-order valence-corrected chi connectivity index (χ2v) is 6.39. The highest BCUT2D eigenvalue weighted by atomic mass is 32.2. The Kier molecular flexibility index (Phi) is 4.57. The number of hydrogen-bond donors (Lipinski definition) is 1. The Bertz CT molecular complexity index is 311. The van der Waals surface area contributed by atoms with Crippen LogP contribution >= 0.6 is 0 Å². The molecule has 0 aromatic carbocycles. The lowest BCUT2D eigenvalue weighted by Gasteiger charge is -2.08. The Labute approximate surface area is 91.4 Å². The Morgan fingerprint density at radius 1 is 1.47 bits per heavy atom. The molecule has 0 spiro atoms. The van der Waals surface area contributed by atoms with E-state index in [4.69, 9.17) is 0 Å². The minimum Gasteiger partial charge on any atom is -0.356 e. The first-order valence-electron chi connectivity index (χ1n) is 5.50. The molecule has 5 heteroatoms. The van der Waals surface area contributed by atoms with Gasteiger partial charge in [0.1, 0.15) is 0 Å². The topological polar surface area (TPSA) is 63.2 Å². The van der Waals surface area contributed by atoms with Gasteiger partial charge in [-0.25, -0.2) is 8.42 Å². The quantitative estimate of drug-likeness (QED) is 0.761. The minimum atomic E-state index is -2.77. The summed E-state index contributed by atoms with van der Waals surface area (Å²) in [4.78, 5) is 11.1. The van der Waals surface area contributed by atoms with Gasteiger partial charge < -0.3 is 5.32 Å². The van der Waals surface area contributed by atoms with E-state index < -0.39 is 9.84 Å². The summed E-state index contributed by atoms with van der Waals surface area (Å²) < 4.78 is 22.3. The average Bonchev–Trinajstić information content (AvgIpc) is 2.46. The van der Waals surface area contributed by atoms with Gasteiger partial charge in [0.2, 0.25) is 5.91 Å². The van der Waals surface area contributed by atoms with Crippen molar-refractivity contribution in [2.75, 3.05) is 18.1 Å². The zero-order chi connectivity index (χ0) is 11.3. The number of rotatable bonds is 5. The Balaban J connectivity index is 2.14. The highest BCUT2D eigenvalue weighted by molar-refractivity contribution is 7.91. The van der Waals surface area contributed by atoms with Gasteiger partial charge in [-0.2, -0.15) is 0 Å². The predicted molar refractivity (Wildman–Crippen MR) is 59.3 cm³/mol. The molecule has 0 aromatic heterocycles. The van der Waals surface area contributed by atoms with Gasteiger partial charge in [0.25, 0.3) is 0 Å². The Morgan fingerprint density at radius 3 is 2.73 bits per heavy atom. The van der Waals surface area contributed by atoms with Crippen LogP contribution < -0.4 is 5.32 Å². The molecule has 15 heavy (non-hydrogen) atoms. The maximum Gasteiger partial charge on any atom is 0.219 e. The van der Waals surface area contributed by atoms with Crippen LogP contribution in [0.2, 0.25) is 0 Å². The third-order valence-corrected chi connectivity index (χ3v) is 4.52. The van der Waals surface area contributed by atoms with Crippen LogP contribution in [-0.4, -0.2) is 32.4 Å². The van der Waals surface area contributed by atoms with Crippen LogP contribution in [-0.2, 0) is 14.6 Å². The first-order valence-corrected chi connectivity index (χ1v) is 7.33. The number of carbonyl (C=O) groups is 1. The molecule has 1 heterocycles. The minimum absolute atomic E-state index is 0.0679. The molecular formula is C10H19NO3S. The maximum atomic E-state index is 11.2. The molecule has 0 bridgehead atoms. The predicted octanol–water partition coefficient (Wildman–Crippen LogP) is 0.728. The van der Waals surface area contributed by atoms with E-state index in [1.165, 1.54) is 0 Å². The summed E-state index contributed by atoms with van der Waals surface area (Å²) in [6.45, 7) is 2.57. The number of sulfone groups is 1. The Hall–Kier alpha value is -0.580. The summed E-state index contributed by atoms with van der Waals surface area (Å²) in [5.41, 5.74) is 0. The van der Waals surface area contributed by atoms with Gasteiger partial charge in [0, 0.05) is 13.0 Å². The van der Waals surface area contributed by atoms with Crippen LogP contribution in [0.1, 0.15) is 32.6 Å². The molecule has 1 unspecified atom stereocenters. The fraction of sp³-hybridized carbons (Fsp3) is 0.900. The van der Waals surface area contributed by atoms with Crippen molar-refractivity contribution in [2.24, 2.45) is 5.92 Å². The molecule has 0 radical (unpaired) electrons. The van der Waals surface area contributed by atoms with Crippen molar-refractivity contribution in [1.29, 1.82) is 0 Å². The number of carbonyl (C=O) groups excluding carboxylic acids is 1. The van der Waals surface area contributed by atoms with Gasteiger partial charge in [-0.3, -0.25) is 4.79 Å². The fourth-order valence-electron chi connectivity index (χ4n) is 1.83. The SMILES string of the molecule is CCCC(=O)NCCC1CCS(=O)(=O)C1. The number of hydrogen-bond acceptors (Lipinski definition) is 3. The normalized spacial score (nSPS) is 23.9. The maximum absolute atomic E-state index is 11.2. The number of amides is 1. The Morgan fingerprint density at radius 2 is 2.20 bits per heavy atom. The van der Waals surface area contributed by atoms with E-state index in [-0.39, 0.29) is 11.8 Å². The molecule has 1 rings (SSSR count). The van der Waals surface area contributed by atoms with E-state index in [1.807, 2.05) is 6.92 Å². The van der Waals surface area contributed by atoms with Crippen molar-refractivity contribution >= 4 is 15.7 Å². The lowest BCUT2D eigenvalue weighted by Crippen LogP contribution is -2.25. The van der Waals surface area contributed by atoms with Crippen LogP contribution in [0.3, 0.4) is 0 Å². The van der Waals surface area contributed by atoms with E-state index in [9.17, 15) is 13.2 Å². The average molecular weight is 233 g/mol. The molecule has 1 N–H and O–H groups in total. The van der Waals surface area contributed by atoms with Crippen molar-refractivity contribution < 1.29 is 13.2 Å². The van der Waals surface area contributed by atoms with Gasteiger partial charge in [0.15, 0.2) is 9.84 Å². The van der Waals surface area contributed by atoms with Crippen LogP contribution in [0, 0.1) is 5.92 Å². The molecule has 1 aliphatic heterocycles. The smallest absolute Gasteiger partial charge is 0.219 e. The molecule has 1 atom stereocenters. The van der Waals surface area contributed by atoms with E-state index in [0.717, 1.165) is 19.3 Å². The zero-order valence-corrected chi connectivity index (χ0v) is 9.98. The fourth-order valence-corrected chi connectivity index (χ4v) is 3.74. The van der Waals surface area contributed by atoms with Gasteiger partial charge in [-0.1, -0.05) is 6.92 Å². The van der Waals surface area contributed by atoms with E-state index in [2.05, 4.69) is 5.32 Å². The van der Waals surface area contributed by atoms with Crippen molar-refractivity contribution in [2.45, 2.75) is 32.6 Å². The summed E-state index contributed by atoms with van der Waals surface area (Å²) in [5.74, 6) is 0.937. The summed E-state index contributed by atoms with van der Waals surface area (Å²) in [7, 11) is -2.77. The largest absolute Gasteiger partial charge is 0.356 e. The molecule has 1 fully saturated rings. The lowest BCUT2D eigenvalue weighted by molar-refractivity contribution is -0.121. The van der Waals surface area contributed by atoms with Gasteiger partial charge in [-0.15, -0.1) is 0 Å². The van der Waals surface area contributed by atoms with Gasteiger partial charge in [-0.05, 0) is 25.2 Å². The summed E-state index contributed by atoms with van der Waals surface area (Å²) in [6, 6.07) is 0. The highest BCUT2D eigenvalue weighted by Crippen LogP contribution is 2.20. The summed E-state index contributed by atoms with van der Waals surface area (Å²) >= 11 is 0. The van der Waals surface area contributed by atoms with E-state index in [1.54, 1.807) is 0 Å². The first kappa shape index (κ1) is 12.5. The van der Waals surface area contributed by atoms with Crippen molar-refractivity contribution in [3.8, 4) is 0 Å². The molecule has 1 aliphatic rings. The lowest BCUT2D eigenvalue weighted by atomic mass is 10.1. The number of nitrogens with one attached hydrogen (secondary N) is 1. The third-order valence-electron chi connectivity index (χ3n) is 2.68. The molecular weight excluding hydrogens is 214 g/mol. The standard InChI is InChI=1S/C10H19NO3S/c1-2-3-10(12)11-6-4-9-5-7-15(13,14)8-9/h9H,2-8H2,1H3,(H,11,12). The molecule has 1 saturated heterocycles. The zero-order valence-electron chi connectivity index (χ0n) is 9.16. The van der Waals surface area contributed by atoms with Gasteiger partial charge in [0.05, 0.1) is 11.5 Å². The molecule has 4 nitrogen and oxygen atoms in total.